The molecule has 0 fully saturated rings. The molecule has 3 rings (SSSR count). The lowest BCUT2D eigenvalue weighted by Gasteiger charge is -2.25. The molecule has 0 saturated carbocycles. The predicted octanol–water partition coefficient (Wildman–Crippen LogP) is 3.32. The van der Waals surface area contributed by atoms with Gasteiger partial charge in [0.15, 0.2) is 0 Å². The van der Waals surface area contributed by atoms with Crippen LogP contribution < -0.4 is 10.6 Å². The van der Waals surface area contributed by atoms with Gasteiger partial charge in [0, 0.05) is 12.2 Å². The molecule has 116 valence electrons. The van der Waals surface area contributed by atoms with Crippen molar-refractivity contribution in [3.05, 3.63) is 65.2 Å². The number of carbonyl (C=O) groups excluding carboxylic acids is 1. The highest BCUT2D eigenvalue weighted by Gasteiger charge is 2.23. The van der Waals surface area contributed by atoms with Crippen LogP contribution in [-0.2, 0) is 24.2 Å². The number of anilines is 1. The number of hydrogen-bond donors (Lipinski definition) is 2. The van der Waals surface area contributed by atoms with Gasteiger partial charge in [-0.2, -0.15) is 0 Å². The molecule has 0 aromatic heterocycles. The number of amides is 1. The van der Waals surface area contributed by atoms with Gasteiger partial charge in [-0.05, 0) is 41.7 Å². The summed E-state index contributed by atoms with van der Waals surface area (Å²) in [6, 6.07) is 16.2. The molecule has 2 N–H and O–H groups in total. The molecular weight excluding hydrogens is 296 g/mol. The zero-order valence-corrected chi connectivity index (χ0v) is 13.5. The minimum absolute atomic E-state index is 0. The Balaban J connectivity index is 0.00000176. The van der Waals surface area contributed by atoms with E-state index in [1.807, 2.05) is 30.3 Å². The fourth-order valence-corrected chi connectivity index (χ4v) is 2.74. The van der Waals surface area contributed by atoms with E-state index in [4.69, 9.17) is 0 Å². The number of rotatable bonds is 3. The first-order chi connectivity index (χ1) is 10.3. The number of carbonyl (C=O) groups is 1. The van der Waals surface area contributed by atoms with E-state index in [1.165, 1.54) is 16.7 Å². The van der Waals surface area contributed by atoms with Gasteiger partial charge in [0.1, 0.15) is 0 Å². The number of aryl methyl sites for hydroxylation is 1. The standard InChI is InChI=1S/C18H20N2O.ClH/c1-2-13-6-5-9-16(10-13)20-18(21)17-11-14-7-3-4-8-15(14)12-19-17;/h3-10,17,19H,2,11-12H2,1H3,(H,20,21);1H. The van der Waals surface area contributed by atoms with Crippen LogP contribution in [0, 0.1) is 0 Å². The fraction of sp³-hybridized carbons (Fsp3) is 0.278. The summed E-state index contributed by atoms with van der Waals surface area (Å²) >= 11 is 0. The van der Waals surface area contributed by atoms with E-state index in [2.05, 4.69) is 35.8 Å². The average molecular weight is 317 g/mol. The maximum absolute atomic E-state index is 12.4. The van der Waals surface area contributed by atoms with Crippen LogP contribution in [0.1, 0.15) is 23.6 Å². The summed E-state index contributed by atoms with van der Waals surface area (Å²) in [6.45, 7) is 2.86. The van der Waals surface area contributed by atoms with Crippen molar-refractivity contribution < 1.29 is 4.79 Å². The van der Waals surface area contributed by atoms with Crippen LogP contribution in [0.15, 0.2) is 48.5 Å². The van der Waals surface area contributed by atoms with Gasteiger partial charge in [0.2, 0.25) is 5.91 Å². The van der Waals surface area contributed by atoms with Gasteiger partial charge < -0.3 is 10.6 Å². The monoisotopic (exact) mass is 316 g/mol. The SMILES string of the molecule is CCc1cccc(NC(=O)C2Cc3ccccc3CN2)c1.Cl. The number of nitrogens with one attached hydrogen (secondary N) is 2. The number of fused-ring (bicyclic) bond motifs is 1. The quantitative estimate of drug-likeness (QED) is 0.912. The van der Waals surface area contributed by atoms with Gasteiger partial charge in [-0.15, -0.1) is 12.4 Å². The highest BCUT2D eigenvalue weighted by atomic mass is 35.5. The molecule has 0 saturated heterocycles. The Kier molecular flexibility index (Phi) is 5.58. The Labute approximate surface area is 137 Å². The molecule has 4 heteroatoms. The number of hydrogen-bond acceptors (Lipinski definition) is 2. The molecule has 1 amide bonds. The van der Waals surface area contributed by atoms with Crippen molar-refractivity contribution in [1.29, 1.82) is 0 Å². The lowest BCUT2D eigenvalue weighted by molar-refractivity contribution is -0.118. The number of halogens is 1. The third kappa shape index (κ3) is 3.67. The first-order valence-electron chi connectivity index (χ1n) is 7.46. The van der Waals surface area contributed by atoms with Crippen LogP contribution >= 0.6 is 12.4 Å². The van der Waals surface area contributed by atoms with Gasteiger partial charge in [0.25, 0.3) is 0 Å². The van der Waals surface area contributed by atoms with Crippen LogP contribution in [0.5, 0.6) is 0 Å². The summed E-state index contributed by atoms with van der Waals surface area (Å²) in [5, 5.41) is 6.33. The van der Waals surface area contributed by atoms with Crippen molar-refractivity contribution in [2.45, 2.75) is 32.4 Å². The van der Waals surface area contributed by atoms with Crippen molar-refractivity contribution in [2.24, 2.45) is 0 Å². The number of benzene rings is 2. The molecule has 2 aromatic rings. The summed E-state index contributed by atoms with van der Waals surface area (Å²) in [7, 11) is 0. The minimum Gasteiger partial charge on any atom is -0.325 e. The molecule has 2 aromatic carbocycles. The van der Waals surface area contributed by atoms with E-state index in [-0.39, 0.29) is 24.4 Å². The first kappa shape index (κ1) is 16.5. The molecule has 0 spiro atoms. The van der Waals surface area contributed by atoms with Crippen molar-refractivity contribution in [3.63, 3.8) is 0 Å². The summed E-state index contributed by atoms with van der Waals surface area (Å²) in [5.74, 6) is 0.0396. The molecule has 1 atom stereocenters. The lowest BCUT2D eigenvalue weighted by Crippen LogP contribution is -2.44. The van der Waals surface area contributed by atoms with E-state index < -0.39 is 0 Å². The first-order valence-corrected chi connectivity index (χ1v) is 7.46. The normalized spacial score (nSPS) is 16.3. The summed E-state index contributed by atoms with van der Waals surface area (Å²) in [4.78, 5) is 12.4. The van der Waals surface area contributed by atoms with Crippen LogP contribution in [0.3, 0.4) is 0 Å². The average Bonchev–Trinajstić information content (AvgIpc) is 2.54. The predicted molar refractivity (Wildman–Crippen MR) is 92.5 cm³/mol. The van der Waals surface area contributed by atoms with Gasteiger partial charge in [-0.1, -0.05) is 43.3 Å². The summed E-state index contributed by atoms with van der Waals surface area (Å²) in [6.07, 6.45) is 1.72. The molecule has 0 radical (unpaired) electrons. The van der Waals surface area contributed by atoms with Crippen molar-refractivity contribution in [2.75, 3.05) is 5.32 Å². The summed E-state index contributed by atoms with van der Waals surface area (Å²) in [5.41, 5.74) is 4.66. The van der Waals surface area contributed by atoms with Gasteiger partial charge in [-0.25, -0.2) is 0 Å². The highest BCUT2D eigenvalue weighted by molar-refractivity contribution is 5.95. The molecular formula is C18H21ClN2O. The smallest absolute Gasteiger partial charge is 0.241 e. The van der Waals surface area contributed by atoms with E-state index in [1.54, 1.807) is 0 Å². The van der Waals surface area contributed by atoms with Gasteiger partial charge >= 0.3 is 0 Å². The topological polar surface area (TPSA) is 41.1 Å². The Morgan fingerprint density at radius 1 is 1.18 bits per heavy atom. The Morgan fingerprint density at radius 2 is 1.95 bits per heavy atom. The summed E-state index contributed by atoms with van der Waals surface area (Å²) < 4.78 is 0. The van der Waals surface area contributed by atoms with Crippen LogP contribution in [-0.4, -0.2) is 11.9 Å². The maximum Gasteiger partial charge on any atom is 0.241 e. The van der Waals surface area contributed by atoms with Gasteiger partial charge in [-0.3, -0.25) is 4.79 Å². The van der Waals surface area contributed by atoms with Crippen LogP contribution in [0.2, 0.25) is 0 Å². The lowest BCUT2D eigenvalue weighted by atomic mass is 9.95. The van der Waals surface area contributed by atoms with Gasteiger partial charge in [0.05, 0.1) is 6.04 Å². The second-order valence-electron chi connectivity index (χ2n) is 5.45. The second kappa shape index (κ2) is 7.43. The largest absolute Gasteiger partial charge is 0.325 e. The van der Waals surface area contributed by atoms with E-state index >= 15 is 0 Å². The zero-order chi connectivity index (χ0) is 14.7. The molecule has 0 aliphatic carbocycles. The van der Waals surface area contributed by atoms with E-state index in [0.29, 0.717) is 0 Å². The van der Waals surface area contributed by atoms with Crippen molar-refractivity contribution in [1.82, 2.24) is 5.32 Å². The van der Waals surface area contributed by atoms with E-state index in [0.717, 1.165) is 25.1 Å². The maximum atomic E-state index is 12.4. The van der Waals surface area contributed by atoms with Crippen LogP contribution in [0.4, 0.5) is 5.69 Å². The minimum atomic E-state index is -0.162. The molecule has 22 heavy (non-hydrogen) atoms. The van der Waals surface area contributed by atoms with E-state index in [9.17, 15) is 4.79 Å². The van der Waals surface area contributed by atoms with Crippen LogP contribution in [0.25, 0.3) is 0 Å². The Bertz CT molecular complexity index is 657. The third-order valence-electron chi connectivity index (χ3n) is 4.00. The molecule has 1 heterocycles. The molecule has 1 unspecified atom stereocenters. The molecule has 3 nitrogen and oxygen atoms in total. The fourth-order valence-electron chi connectivity index (χ4n) is 2.74. The molecule has 0 bridgehead atoms. The van der Waals surface area contributed by atoms with Crippen molar-refractivity contribution in [3.8, 4) is 0 Å². The zero-order valence-electron chi connectivity index (χ0n) is 12.6. The molecule has 1 aliphatic rings. The third-order valence-corrected chi connectivity index (χ3v) is 4.00. The Hall–Kier alpha value is -1.84. The van der Waals surface area contributed by atoms with Crippen molar-refractivity contribution >= 4 is 24.0 Å². The highest BCUT2D eigenvalue weighted by Crippen LogP contribution is 2.18. The Morgan fingerprint density at radius 3 is 2.73 bits per heavy atom. The molecule has 1 aliphatic heterocycles. The second-order valence-corrected chi connectivity index (χ2v) is 5.45.